The molecule has 220 valence electrons. The van der Waals surface area contributed by atoms with Gasteiger partial charge in [0, 0.05) is 30.7 Å². The number of nitro benzene ring substituents is 1. The molecule has 41 heavy (non-hydrogen) atoms. The molecule has 0 radical (unpaired) electrons. The quantitative estimate of drug-likeness (QED) is 0.113. The Morgan fingerprint density at radius 3 is 2.10 bits per heavy atom. The molecule has 4 N–H and O–H groups in total. The van der Waals surface area contributed by atoms with Crippen LogP contribution < -0.4 is 20.7 Å². The van der Waals surface area contributed by atoms with Crippen LogP contribution in [0.3, 0.4) is 0 Å². The van der Waals surface area contributed by atoms with Crippen LogP contribution >= 0.6 is 0 Å². The van der Waals surface area contributed by atoms with Gasteiger partial charge >= 0.3 is 12.1 Å². The number of nitro groups is 1. The van der Waals surface area contributed by atoms with Crippen LogP contribution in [0.5, 0.6) is 5.75 Å². The molecular weight excluding hydrogens is 540 g/mol. The second-order valence-corrected chi connectivity index (χ2v) is 9.34. The van der Waals surface area contributed by atoms with Gasteiger partial charge in [0.05, 0.1) is 4.92 Å². The van der Waals surface area contributed by atoms with Crippen molar-refractivity contribution in [2.24, 2.45) is 5.92 Å². The number of hydrogen-bond acceptors (Lipinski definition) is 9. The van der Waals surface area contributed by atoms with Gasteiger partial charge in [0.25, 0.3) is 5.69 Å². The Balaban J connectivity index is 1.82. The van der Waals surface area contributed by atoms with Gasteiger partial charge in [-0.15, -0.1) is 0 Å². The number of benzene rings is 2. The number of rotatable bonds is 14. The molecule has 0 aromatic heterocycles. The van der Waals surface area contributed by atoms with Gasteiger partial charge in [0.1, 0.15) is 24.4 Å². The number of nitrogens with one attached hydrogen (secondary N) is 3. The van der Waals surface area contributed by atoms with Gasteiger partial charge in [-0.3, -0.25) is 29.3 Å². The van der Waals surface area contributed by atoms with Gasteiger partial charge in [-0.2, -0.15) is 0 Å². The summed E-state index contributed by atoms with van der Waals surface area (Å²) < 4.78 is 9.99. The third kappa shape index (κ3) is 11.3. The van der Waals surface area contributed by atoms with Crippen molar-refractivity contribution in [3.8, 4) is 5.75 Å². The van der Waals surface area contributed by atoms with E-state index in [9.17, 15) is 34.1 Å². The highest BCUT2D eigenvalue weighted by atomic mass is 16.7. The first-order valence-electron chi connectivity index (χ1n) is 12.7. The molecule has 0 heterocycles. The highest BCUT2D eigenvalue weighted by molar-refractivity contribution is 5.98. The van der Waals surface area contributed by atoms with Gasteiger partial charge in [0.15, 0.2) is 0 Å². The summed E-state index contributed by atoms with van der Waals surface area (Å²) in [6.07, 6.45) is -1.06. The van der Waals surface area contributed by atoms with E-state index in [-0.39, 0.29) is 43.2 Å². The number of nitrogens with zero attached hydrogens (tertiary/aromatic N) is 1. The molecule has 2 rings (SSSR count). The summed E-state index contributed by atoms with van der Waals surface area (Å²) in [5, 5.41) is 27.2. The lowest BCUT2D eigenvalue weighted by Crippen LogP contribution is -2.53. The van der Waals surface area contributed by atoms with Crippen LogP contribution in [0.2, 0.25) is 0 Å². The van der Waals surface area contributed by atoms with E-state index in [0.29, 0.717) is 11.3 Å². The third-order valence-electron chi connectivity index (χ3n) is 5.64. The van der Waals surface area contributed by atoms with E-state index < -0.39 is 46.9 Å². The summed E-state index contributed by atoms with van der Waals surface area (Å²) in [5.74, 6) is -2.74. The monoisotopic (exact) mass is 572 g/mol. The predicted octanol–water partition coefficient (Wildman–Crippen LogP) is 3.15. The number of ether oxygens (including phenoxy) is 2. The third-order valence-corrected chi connectivity index (χ3v) is 5.64. The number of amides is 3. The van der Waals surface area contributed by atoms with Crippen LogP contribution in [0.1, 0.15) is 45.6 Å². The van der Waals surface area contributed by atoms with Gasteiger partial charge in [-0.1, -0.05) is 26.0 Å². The van der Waals surface area contributed by atoms with Crippen LogP contribution in [-0.4, -0.2) is 52.0 Å². The number of carbonyl (C=O) groups excluding carboxylic acids is 4. The molecule has 0 aliphatic rings. The van der Waals surface area contributed by atoms with E-state index in [1.54, 1.807) is 38.1 Å². The summed E-state index contributed by atoms with van der Waals surface area (Å²) in [5.41, 5.74) is 0.856. The maximum atomic E-state index is 12.7. The Labute approximate surface area is 235 Å². The lowest BCUT2D eigenvalue weighted by atomic mass is 10.0. The molecular formula is C27H32N4O10. The fraction of sp³-hybridized carbons (Fsp3) is 0.370. The first-order chi connectivity index (χ1) is 19.3. The first-order valence-corrected chi connectivity index (χ1v) is 12.7. The Morgan fingerprint density at radius 2 is 1.54 bits per heavy atom. The summed E-state index contributed by atoms with van der Waals surface area (Å²) in [6, 6.07) is 9.42. The molecule has 0 saturated carbocycles. The number of carbonyl (C=O) groups is 5. The van der Waals surface area contributed by atoms with Crippen molar-refractivity contribution in [3.63, 3.8) is 0 Å². The second kappa shape index (κ2) is 15.5. The van der Waals surface area contributed by atoms with E-state index in [2.05, 4.69) is 16.0 Å². The highest BCUT2D eigenvalue weighted by Crippen LogP contribution is 2.18. The van der Waals surface area contributed by atoms with Crippen molar-refractivity contribution < 1.29 is 43.5 Å². The summed E-state index contributed by atoms with van der Waals surface area (Å²) in [7, 11) is 0. The van der Waals surface area contributed by atoms with Crippen molar-refractivity contribution in [2.45, 2.75) is 58.7 Å². The highest BCUT2D eigenvalue weighted by Gasteiger charge is 2.27. The van der Waals surface area contributed by atoms with Gasteiger partial charge in [-0.05, 0) is 49.1 Å². The van der Waals surface area contributed by atoms with Crippen molar-refractivity contribution in [2.75, 3.05) is 5.32 Å². The Bertz CT molecular complexity index is 1250. The van der Waals surface area contributed by atoms with Gasteiger partial charge in [-0.25, -0.2) is 4.79 Å². The van der Waals surface area contributed by atoms with Gasteiger partial charge in [0.2, 0.25) is 17.7 Å². The van der Waals surface area contributed by atoms with Gasteiger partial charge < -0.3 is 30.5 Å². The SMILES string of the molecule is CC(C)[C@H](NC(=O)CCCC(=O)O)C(=O)N[C@@H](C)C(=O)Nc1ccc(COC(=O)Oc2ccc([N+](=O)[O-])cc2)cc1. The molecule has 3 amide bonds. The van der Waals surface area contributed by atoms with Crippen molar-refractivity contribution in [1.29, 1.82) is 0 Å². The molecule has 0 spiro atoms. The molecule has 14 heteroatoms. The smallest absolute Gasteiger partial charge is 0.481 e. The maximum Gasteiger partial charge on any atom is 0.514 e. The second-order valence-electron chi connectivity index (χ2n) is 9.34. The average Bonchev–Trinajstić information content (AvgIpc) is 2.91. The summed E-state index contributed by atoms with van der Waals surface area (Å²) in [4.78, 5) is 70.0. The van der Waals surface area contributed by atoms with E-state index in [4.69, 9.17) is 14.6 Å². The maximum absolute atomic E-state index is 12.7. The topological polar surface area (TPSA) is 203 Å². The predicted molar refractivity (Wildman–Crippen MR) is 145 cm³/mol. The lowest BCUT2D eigenvalue weighted by Gasteiger charge is -2.24. The molecule has 0 saturated heterocycles. The zero-order valence-corrected chi connectivity index (χ0v) is 22.7. The Kier molecular flexibility index (Phi) is 12.2. The standard InChI is InChI=1S/C27H32N4O10/c1-16(2)24(30-22(32)5-4-6-23(33)34)26(36)28-17(3)25(35)29-19-9-7-18(8-10-19)15-40-27(37)41-21-13-11-20(12-14-21)31(38)39/h7-14,16-17,24H,4-6,15H2,1-3H3,(H,28,36)(H,29,35)(H,30,32)(H,33,34)/t17-,24-/m0/s1. The minimum atomic E-state index is -1.01. The summed E-state index contributed by atoms with van der Waals surface area (Å²) in [6.45, 7) is 4.81. The minimum Gasteiger partial charge on any atom is -0.481 e. The zero-order valence-electron chi connectivity index (χ0n) is 22.7. The zero-order chi connectivity index (χ0) is 30.5. The van der Waals surface area contributed by atoms with Crippen LogP contribution in [0.25, 0.3) is 0 Å². The van der Waals surface area contributed by atoms with E-state index >= 15 is 0 Å². The van der Waals surface area contributed by atoms with E-state index in [1.165, 1.54) is 31.2 Å². The number of aliphatic carboxylic acids is 1. The van der Waals surface area contributed by atoms with Crippen LogP contribution in [0.4, 0.5) is 16.2 Å². The van der Waals surface area contributed by atoms with Crippen molar-refractivity contribution in [1.82, 2.24) is 10.6 Å². The lowest BCUT2D eigenvalue weighted by molar-refractivity contribution is -0.384. The number of non-ortho nitro benzene ring substituents is 1. The Hall–Kier alpha value is -5.01. The summed E-state index contributed by atoms with van der Waals surface area (Å²) >= 11 is 0. The average molecular weight is 573 g/mol. The number of anilines is 1. The minimum absolute atomic E-state index is 0.0408. The molecule has 0 bridgehead atoms. The molecule has 2 aromatic carbocycles. The van der Waals surface area contributed by atoms with Crippen molar-refractivity contribution >= 4 is 41.2 Å². The molecule has 0 unspecified atom stereocenters. The Morgan fingerprint density at radius 1 is 0.902 bits per heavy atom. The molecule has 0 fully saturated rings. The molecule has 2 aromatic rings. The number of hydrogen-bond donors (Lipinski definition) is 4. The normalized spacial score (nSPS) is 12.0. The largest absolute Gasteiger partial charge is 0.514 e. The molecule has 0 aliphatic carbocycles. The fourth-order valence-electron chi connectivity index (χ4n) is 3.39. The fourth-order valence-corrected chi connectivity index (χ4v) is 3.39. The number of carboxylic acids is 1. The van der Waals surface area contributed by atoms with Crippen LogP contribution in [0.15, 0.2) is 48.5 Å². The van der Waals surface area contributed by atoms with Crippen LogP contribution in [0, 0.1) is 16.0 Å². The molecule has 2 atom stereocenters. The van der Waals surface area contributed by atoms with Crippen LogP contribution in [-0.2, 0) is 30.5 Å². The van der Waals surface area contributed by atoms with E-state index in [1.807, 2.05) is 0 Å². The number of carboxylic acid groups (broad SMARTS) is 1. The first kappa shape index (κ1) is 32.2. The molecule has 0 aliphatic heterocycles. The van der Waals surface area contributed by atoms with Crippen molar-refractivity contribution in [3.05, 3.63) is 64.2 Å². The molecule has 14 nitrogen and oxygen atoms in total. The van der Waals surface area contributed by atoms with E-state index in [0.717, 1.165) is 0 Å².